The predicted octanol–water partition coefficient (Wildman–Crippen LogP) is 3.57. The normalized spacial score (nSPS) is 21.8. The van der Waals surface area contributed by atoms with Crippen LogP contribution in [0.15, 0.2) is 60.7 Å². The van der Waals surface area contributed by atoms with E-state index >= 15 is 0 Å². The van der Waals surface area contributed by atoms with Gasteiger partial charge in [0.15, 0.2) is 0 Å². The average molecular weight is 280 g/mol. The lowest BCUT2D eigenvalue weighted by molar-refractivity contribution is 0.167. The van der Waals surface area contributed by atoms with Crippen molar-refractivity contribution < 1.29 is 0 Å². The van der Waals surface area contributed by atoms with Crippen LogP contribution in [0.3, 0.4) is 0 Å². The third-order valence-corrected chi connectivity index (χ3v) is 4.46. The lowest BCUT2D eigenvalue weighted by atomic mass is 10.1. The van der Waals surface area contributed by atoms with Crippen LogP contribution in [-0.2, 0) is 13.1 Å². The molecular weight excluding hydrogens is 256 g/mol. The zero-order chi connectivity index (χ0) is 14.5. The van der Waals surface area contributed by atoms with Gasteiger partial charge in [-0.25, -0.2) is 0 Å². The molecule has 0 amide bonds. The van der Waals surface area contributed by atoms with Gasteiger partial charge in [-0.05, 0) is 24.0 Å². The Labute approximate surface area is 127 Å². The fraction of sp³-hybridized carbons (Fsp3) is 0.368. The van der Waals surface area contributed by atoms with Gasteiger partial charge in [0.25, 0.3) is 0 Å². The number of hydrogen-bond donors (Lipinski definition) is 1. The van der Waals surface area contributed by atoms with E-state index in [-0.39, 0.29) is 0 Å². The van der Waals surface area contributed by atoms with E-state index in [0.29, 0.717) is 12.1 Å². The molecule has 1 aliphatic rings. The summed E-state index contributed by atoms with van der Waals surface area (Å²) >= 11 is 0. The van der Waals surface area contributed by atoms with Crippen molar-refractivity contribution in [3.63, 3.8) is 0 Å². The molecule has 0 aliphatic heterocycles. The first-order chi connectivity index (χ1) is 10.3. The molecule has 0 bridgehead atoms. The summed E-state index contributed by atoms with van der Waals surface area (Å²) in [7, 11) is 0. The van der Waals surface area contributed by atoms with Gasteiger partial charge in [-0.2, -0.15) is 0 Å². The van der Waals surface area contributed by atoms with E-state index in [1.807, 2.05) is 0 Å². The van der Waals surface area contributed by atoms with Gasteiger partial charge in [0.1, 0.15) is 0 Å². The Morgan fingerprint density at radius 2 is 1.33 bits per heavy atom. The van der Waals surface area contributed by atoms with E-state index in [4.69, 9.17) is 5.73 Å². The predicted molar refractivity (Wildman–Crippen MR) is 87.7 cm³/mol. The van der Waals surface area contributed by atoms with Crippen LogP contribution in [0.2, 0.25) is 0 Å². The molecule has 1 saturated carbocycles. The Kier molecular flexibility index (Phi) is 4.69. The monoisotopic (exact) mass is 280 g/mol. The van der Waals surface area contributed by atoms with E-state index in [1.165, 1.54) is 24.0 Å². The van der Waals surface area contributed by atoms with Crippen molar-refractivity contribution in [2.45, 2.75) is 44.4 Å². The summed E-state index contributed by atoms with van der Waals surface area (Å²) in [6.07, 6.45) is 3.64. The zero-order valence-electron chi connectivity index (χ0n) is 12.5. The maximum absolute atomic E-state index is 6.35. The first-order valence-electron chi connectivity index (χ1n) is 7.90. The minimum atomic E-state index is 0.317. The highest BCUT2D eigenvalue weighted by Gasteiger charge is 2.29. The van der Waals surface area contributed by atoms with Crippen LogP contribution in [0.4, 0.5) is 0 Å². The molecule has 2 N–H and O–H groups in total. The molecule has 0 heterocycles. The SMILES string of the molecule is NC1CCCC1N(Cc1ccccc1)Cc1ccccc1. The van der Waals surface area contributed by atoms with Crippen LogP contribution in [0.1, 0.15) is 30.4 Å². The van der Waals surface area contributed by atoms with Crippen molar-refractivity contribution in [1.29, 1.82) is 0 Å². The zero-order valence-corrected chi connectivity index (χ0v) is 12.5. The molecule has 21 heavy (non-hydrogen) atoms. The largest absolute Gasteiger partial charge is 0.326 e. The third-order valence-electron chi connectivity index (χ3n) is 4.46. The van der Waals surface area contributed by atoms with Crippen LogP contribution in [0.5, 0.6) is 0 Å². The summed E-state index contributed by atoms with van der Waals surface area (Å²) in [6, 6.07) is 22.3. The maximum atomic E-state index is 6.35. The van der Waals surface area contributed by atoms with Crippen molar-refractivity contribution in [3.05, 3.63) is 71.8 Å². The number of benzene rings is 2. The average Bonchev–Trinajstić information content (AvgIpc) is 2.95. The lowest BCUT2D eigenvalue weighted by Crippen LogP contribution is -2.43. The number of hydrogen-bond acceptors (Lipinski definition) is 2. The van der Waals surface area contributed by atoms with Gasteiger partial charge in [-0.1, -0.05) is 67.1 Å². The first-order valence-corrected chi connectivity index (χ1v) is 7.90. The number of nitrogens with zero attached hydrogens (tertiary/aromatic N) is 1. The molecule has 2 heteroatoms. The summed E-state index contributed by atoms with van der Waals surface area (Å²) < 4.78 is 0. The summed E-state index contributed by atoms with van der Waals surface area (Å²) in [5.41, 5.74) is 9.08. The van der Waals surface area contributed by atoms with E-state index < -0.39 is 0 Å². The second-order valence-corrected chi connectivity index (χ2v) is 6.04. The van der Waals surface area contributed by atoms with Gasteiger partial charge in [0.2, 0.25) is 0 Å². The van der Waals surface area contributed by atoms with Crippen LogP contribution in [-0.4, -0.2) is 17.0 Å². The summed E-state index contributed by atoms with van der Waals surface area (Å²) in [5.74, 6) is 0. The molecule has 0 radical (unpaired) electrons. The van der Waals surface area contributed by atoms with Gasteiger partial charge in [-0.15, -0.1) is 0 Å². The van der Waals surface area contributed by atoms with E-state index in [0.717, 1.165) is 19.5 Å². The van der Waals surface area contributed by atoms with E-state index in [9.17, 15) is 0 Å². The fourth-order valence-corrected chi connectivity index (χ4v) is 3.35. The van der Waals surface area contributed by atoms with Gasteiger partial charge < -0.3 is 5.73 Å². The Morgan fingerprint density at radius 3 is 1.76 bits per heavy atom. The minimum absolute atomic E-state index is 0.317. The Balaban J connectivity index is 1.77. The molecule has 2 aromatic rings. The molecule has 2 unspecified atom stereocenters. The van der Waals surface area contributed by atoms with Gasteiger partial charge in [0.05, 0.1) is 0 Å². The van der Waals surface area contributed by atoms with Crippen molar-refractivity contribution in [1.82, 2.24) is 4.90 Å². The molecule has 2 atom stereocenters. The molecule has 2 aromatic carbocycles. The van der Waals surface area contributed by atoms with Crippen molar-refractivity contribution in [2.24, 2.45) is 5.73 Å². The fourth-order valence-electron chi connectivity index (χ4n) is 3.35. The molecule has 0 spiro atoms. The van der Waals surface area contributed by atoms with Crippen LogP contribution < -0.4 is 5.73 Å². The molecular formula is C19H24N2. The van der Waals surface area contributed by atoms with Gasteiger partial charge >= 0.3 is 0 Å². The summed E-state index contributed by atoms with van der Waals surface area (Å²) in [4.78, 5) is 2.56. The Hall–Kier alpha value is -1.64. The molecule has 1 aliphatic carbocycles. The Morgan fingerprint density at radius 1 is 0.810 bits per heavy atom. The van der Waals surface area contributed by atoms with Gasteiger partial charge in [-0.3, -0.25) is 4.90 Å². The molecule has 110 valence electrons. The molecule has 0 saturated heterocycles. The van der Waals surface area contributed by atoms with Crippen molar-refractivity contribution in [2.75, 3.05) is 0 Å². The standard InChI is InChI=1S/C19H24N2/c20-18-12-7-13-19(18)21(14-16-8-3-1-4-9-16)15-17-10-5-2-6-11-17/h1-6,8-11,18-19H,7,12-15,20H2. The highest BCUT2D eigenvalue weighted by molar-refractivity contribution is 5.17. The van der Waals surface area contributed by atoms with Crippen molar-refractivity contribution >= 4 is 0 Å². The van der Waals surface area contributed by atoms with Gasteiger partial charge in [0, 0.05) is 25.2 Å². The van der Waals surface area contributed by atoms with Crippen LogP contribution >= 0.6 is 0 Å². The number of nitrogens with two attached hydrogens (primary N) is 1. The molecule has 3 rings (SSSR count). The van der Waals surface area contributed by atoms with Crippen LogP contribution in [0.25, 0.3) is 0 Å². The van der Waals surface area contributed by atoms with Crippen molar-refractivity contribution in [3.8, 4) is 0 Å². The van der Waals surface area contributed by atoms with E-state index in [2.05, 4.69) is 65.6 Å². The molecule has 0 aromatic heterocycles. The molecule has 2 nitrogen and oxygen atoms in total. The second-order valence-electron chi connectivity index (χ2n) is 6.04. The maximum Gasteiger partial charge on any atom is 0.0254 e. The highest BCUT2D eigenvalue weighted by Crippen LogP contribution is 2.26. The third kappa shape index (κ3) is 3.72. The smallest absolute Gasteiger partial charge is 0.0254 e. The molecule has 1 fully saturated rings. The minimum Gasteiger partial charge on any atom is -0.326 e. The Bertz CT molecular complexity index is 497. The summed E-state index contributed by atoms with van der Waals surface area (Å²) in [5, 5.41) is 0. The number of rotatable bonds is 5. The first kappa shape index (κ1) is 14.3. The quantitative estimate of drug-likeness (QED) is 0.907. The topological polar surface area (TPSA) is 29.3 Å². The lowest BCUT2D eigenvalue weighted by Gasteiger charge is -2.32. The second kappa shape index (κ2) is 6.88. The highest BCUT2D eigenvalue weighted by atomic mass is 15.2. The summed E-state index contributed by atoms with van der Waals surface area (Å²) in [6.45, 7) is 1.96. The van der Waals surface area contributed by atoms with E-state index in [1.54, 1.807) is 0 Å². The van der Waals surface area contributed by atoms with Crippen LogP contribution in [0, 0.1) is 0 Å².